The molecule has 0 aliphatic carbocycles. The molecule has 0 bridgehead atoms. The summed E-state index contributed by atoms with van der Waals surface area (Å²) in [6.07, 6.45) is 0. The van der Waals surface area contributed by atoms with Gasteiger partial charge in [-0.2, -0.15) is 0 Å². The molecule has 0 atom stereocenters. The molecule has 1 aliphatic heterocycles. The number of fused-ring (bicyclic) bond motifs is 3. The number of methoxy groups -OCH3 is 1. The maximum atomic E-state index is 14.3. The van der Waals surface area contributed by atoms with Crippen LogP contribution in [-0.2, 0) is 6.54 Å². The van der Waals surface area contributed by atoms with Crippen molar-refractivity contribution in [1.29, 1.82) is 0 Å². The number of halogens is 1. The lowest BCUT2D eigenvalue weighted by Gasteiger charge is -2.31. The van der Waals surface area contributed by atoms with Gasteiger partial charge in [-0.15, -0.1) is 0 Å². The Morgan fingerprint density at radius 1 is 1.03 bits per heavy atom. The van der Waals surface area contributed by atoms with Crippen LogP contribution in [0.1, 0.15) is 11.3 Å². The van der Waals surface area contributed by atoms with Gasteiger partial charge in [0.15, 0.2) is 6.73 Å². The monoisotopic (exact) mass is 417 g/mol. The molecule has 1 aromatic heterocycles. The van der Waals surface area contributed by atoms with E-state index in [9.17, 15) is 9.18 Å². The van der Waals surface area contributed by atoms with Crippen LogP contribution in [0.5, 0.6) is 11.5 Å². The highest BCUT2D eigenvalue weighted by Crippen LogP contribution is 2.36. The van der Waals surface area contributed by atoms with Gasteiger partial charge in [0.05, 0.1) is 35.9 Å². The van der Waals surface area contributed by atoms with Crippen LogP contribution in [0.25, 0.3) is 22.1 Å². The fourth-order valence-electron chi connectivity index (χ4n) is 4.03. The summed E-state index contributed by atoms with van der Waals surface area (Å²) >= 11 is 0. The van der Waals surface area contributed by atoms with Gasteiger partial charge in [-0.05, 0) is 48.9 Å². The third kappa shape index (κ3) is 3.20. The molecule has 0 N–H and O–H groups in total. The second-order valence-corrected chi connectivity index (χ2v) is 7.43. The fourth-order valence-corrected chi connectivity index (χ4v) is 4.03. The summed E-state index contributed by atoms with van der Waals surface area (Å²) in [7, 11) is 1.60. The summed E-state index contributed by atoms with van der Waals surface area (Å²) in [5.41, 5.74) is 2.80. The standard InChI is InChI=1S/C25H20FNO4/c1-15-23(16-7-9-17(29-2)10-8-16)24(28)18-11-12-22-19(25(18)31-15)13-27(14-30-22)21-6-4-3-5-20(21)26/h3-12H,13-14H2,1-2H3. The molecule has 0 unspecified atom stereocenters. The number of rotatable bonds is 3. The van der Waals surface area contributed by atoms with Crippen molar-refractivity contribution in [1.82, 2.24) is 0 Å². The van der Waals surface area contributed by atoms with Crippen LogP contribution >= 0.6 is 0 Å². The van der Waals surface area contributed by atoms with E-state index in [-0.39, 0.29) is 18.0 Å². The molecule has 0 saturated carbocycles. The molecule has 4 aromatic rings. The van der Waals surface area contributed by atoms with E-state index in [1.165, 1.54) is 6.07 Å². The Balaban J connectivity index is 1.63. The van der Waals surface area contributed by atoms with Crippen LogP contribution < -0.4 is 19.8 Å². The Morgan fingerprint density at radius 3 is 2.55 bits per heavy atom. The largest absolute Gasteiger partial charge is 0.497 e. The van der Waals surface area contributed by atoms with Gasteiger partial charge in [-0.3, -0.25) is 4.79 Å². The van der Waals surface area contributed by atoms with E-state index in [1.54, 1.807) is 49.3 Å². The second kappa shape index (κ2) is 7.47. The lowest BCUT2D eigenvalue weighted by molar-refractivity contribution is 0.287. The van der Waals surface area contributed by atoms with E-state index >= 15 is 0 Å². The van der Waals surface area contributed by atoms with Crippen molar-refractivity contribution < 1.29 is 18.3 Å². The number of nitrogens with zero attached hydrogens (tertiary/aromatic N) is 1. The van der Waals surface area contributed by atoms with Crippen molar-refractivity contribution in [3.8, 4) is 22.6 Å². The first-order valence-corrected chi connectivity index (χ1v) is 9.93. The highest BCUT2D eigenvalue weighted by molar-refractivity contribution is 5.87. The highest BCUT2D eigenvalue weighted by atomic mass is 19.1. The third-order valence-corrected chi connectivity index (χ3v) is 5.59. The molecule has 31 heavy (non-hydrogen) atoms. The molecule has 0 radical (unpaired) electrons. The minimum Gasteiger partial charge on any atom is -0.497 e. The van der Waals surface area contributed by atoms with Crippen LogP contribution in [0.2, 0.25) is 0 Å². The molecule has 5 nitrogen and oxygen atoms in total. The molecule has 1 aliphatic rings. The molecule has 3 aromatic carbocycles. The molecule has 156 valence electrons. The topological polar surface area (TPSA) is 51.9 Å². The Morgan fingerprint density at radius 2 is 1.81 bits per heavy atom. The lowest BCUT2D eigenvalue weighted by Crippen LogP contribution is -2.32. The van der Waals surface area contributed by atoms with Crippen molar-refractivity contribution in [2.75, 3.05) is 18.7 Å². The molecule has 0 saturated heterocycles. The molecule has 2 heterocycles. The van der Waals surface area contributed by atoms with Crippen molar-refractivity contribution in [2.45, 2.75) is 13.5 Å². The number of anilines is 1. The fraction of sp³-hybridized carbons (Fsp3) is 0.160. The van der Waals surface area contributed by atoms with Crippen molar-refractivity contribution >= 4 is 16.7 Å². The molecular formula is C25H20FNO4. The van der Waals surface area contributed by atoms with Gasteiger partial charge >= 0.3 is 0 Å². The third-order valence-electron chi connectivity index (χ3n) is 5.59. The number of benzene rings is 3. The predicted octanol–water partition coefficient (Wildman–Crippen LogP) is 5.27. The average Bonchev–Trinajstić information content (AvgIpc) is 2.79. The quantitative estimate of drug-likeness (QED) is 0.454. The number of para-hydroxylation sites is 1. The van der Waals surface area contributed by atoms with Gasteiger partial charge in [-0.25, -0.2) is 4.39 Å². The van der Waals surface area contributed by atoms with E-state index in [1.807, 2.05) is 24.3 Å². The molecule has 0 amide bonds. The number of hydrogen-bond donors (Lipinski definition) is 0. The molecule has 5 rings (SSSR count). The first kappa shape index (κ1) is 19.2. The molecular weight excluding hydrogens is 397 g/mol. The van der Waals surface area contributed by atoms with E-state index in [0.717, 1.165) is 11.1 Å². The van der Waals surface area contributed by atoms with Gasteiger partial charge in [0.25, 0.3) is 0 Å². The lowest BCUT2D eigenvalue weighted by atomic mass is 10.0. The van der Waals surface area contributed by atoms with Gasteiger partial charge in [0.1, 0.15) is 28.7 Å². The Kier molecular flexibility index (Phi) is 4.62. The predicted molar refractivity (Wildman–Crippen MR) is 117 cm³/mol. The Hall–Kier alpha value is -3.80. The minimum atomic E-state index is -0.325. The van der Waals surface area contributed by atoms with E-state index in [4.69, 9.17) is 13.9 Å². The summed E-state index contributed by atoms with van der Waals surface area (Å²) in [4.78, 5) is 15.2. The zero-order valence-corrected chi connectivity index (χ0v) is 17.1. The summed E-state index contributed by atoms with van der Waals surface area (Å²) in [6.45, 7) is 2.36. The van der Waals surface area contributed by atoms with Gasteiger partial charge in [0, 0.05) is 0 Å². The first-order valence-electron chi connectivity index (χ1n) is 9.93. The summed E-state index contributed by atoms with van der Waals surface area (Å²) in [6, 6.07) is 17.4. The van der Waals surface area contributed by atoms with E-state index in [0.29, 0.717) is 46.0 Å². The van der Waals surface area contributed by atoms with Gasteiger partial charge in [0.2, 0.25) is 5.43 Å². The Labute approximate surface area is 178 Å². The molecule has 0 fully saturated rings. The van der Waals surface area contributed by atoms with Crippen molar-refractivity contribution in [3.63, 3.8) is 0 Å². The first-order chi connectivity index (χ1) is 15.1. The average molecular weight is 417 g/mol. The minimum absolute atomic E-state index is 0.116. The van der Waals surface area contributed by atoms with E-state index < -0.39 is 0 Å². The maximum absolute atomic E-state index is 14.3. The molecule has 6 heteroatoms. The second-order valence-electron chi connectivity index (χ2n) is 7.43. The maximum Gasteiger partial charge on any atom is 0.200 e. The van der Waals surface area contributed by atoms with Gasteiger partial charge in [-0.1, -0.05) is 24.3 Å². The van der Waals surface area contributed by atoms with Crippen molar-refractivity contribution in [3.05, 3.63) is 88.0 Å². The highest BCUT2D eigenvalue weighted by Gasteiger charge is 2.25. The summed E-state index contributed by atoms with van der Waals surface area (Å²) < 4.78 is 31.5. The zero-order valence-electron chi connectivity index (χ0n) is 17.1. The van der Waals surface area contributed by atoms with Crippen LogP contribution in [-0.4, -0.2) is 13.8 Å². The van der Waals surface area contributed by atoms with Gasteiger partial charge < -0.3 is 18.8 Å². The van der Waals surface area contributed by atoms with Crippen LogP contribution in [0, 0.1) is 12.7 Å². The number of aryl methyl sites for hydroxylation is 1. The molecule has 0 spiro atoms. The number of ether oxygens (including phenoxy) is 2. The number of hydrogen-bond acceptors (Lipinski definition) is 5. The Bertz CT molecular complexity index is 1340. The van der Waals surface area contributed by atoms with Crippen LogP contribution in [0.15, 0.2) is 69.9 Å². The zero-order chi connectivity index (χ0) is 21.5. The smallest absolute Gasteiger partial charge is 0.200 e. The van der Waals surface area contributed by atoms with Crippen molar-refractivity contribution in [2.24, 2.45) is 0 Å². The SMILES string of the molecule is COc1ccc(-c2c(C)oc3c4c(ccc3c2=O)OCN(c2ccccc2F)C4)cc1. The van der Waals surface area contributed by atoms with Crippen LogP contribution in [0.3, 0.4) is 0 Å². The van der Waals surface area contributed by atoms with E-state index in [2.05, 4.69) is 0 Å². The summed E-state index contributed by atoms with van der Waals surface area (Å²) in [5, 5.41) is 0.467. The normalized spacial score (nSPS) is 13.1. The summed E-state index contributed by atoms with van der Waals surface area (Å²) in [5.74, 6) is 1.54. The van der Waals surface area contributed by atoms with Crippen LogP contribution in [0.4, 0.5) is 10.1 Å².